The van der Waals surface area contributed by atoms with Crippen molar-refractivity contribution in [2.45, 2.75) is 27.7 Å². The molecule has 0 saturated carbocycles. The Morgan fingerprint density at radius 3 is 2.00 bits per heavy atom. The number of Topliss-reactive ketones (excluding diaryl/α,β-unsaturated/α-hetero) is 1. The molecule has 0 aromatic carbocycles. The number of hydrogen-bond acceptors (Lipinski definition) is 3. The number of hydrogen-bond donors (Lipinski definition) is 1. The number of ketones is 1. The van der Waals surface area contributed by atoms with Crippen molar-refractivity contribution in [3.63, 3.8) is 0 Å². The lowest BCUT2D eigenvalue weighted by molar-refractivity contribution is -0.133. The molecule has 0 rings (SSSR count). The SMILES string of the molecule is CC.CC(C)C(=O)CN(C)C(=O)CN. The molecule has 14 heavy (non-hydrogen) atoms. The summed E-state index contributed by atoms with van der Waals surface area (Å²) in [5.74, 6) is -0.179. The molecule has 1 amide bonds. The van der Waals surface area contributed by atoms with Crippen molar-refractivity contribution in [2.75, 3.05) is 20.1 Å². The highest BCUT2D eigenvalue weighted by Crippen LogP contribution is 1.95. The van der Waals surface area contributed by atoms with Crippen LogP contribution in [-0.2, 0) is 9.59 Å². The smallest absolute Gasteiger partial charge is 0.236 e. The highest BCUT2D eigenvalue weighted by Gasteiger charge is 2.13. The van der Waals surface area contributed by atoms with Crippen LogP contribution in [-0.4, -0.2) is 36.7 Å². The van der Waals surface area contributed by atoms with Crippen molar-refractivity contribution in [3.05, 3.63) is 0 Å². The molecule has 84 valence electrons. The molecule has 4 heteroatoms. The van der Waals surface area contributed by atoms with Crippen molar-refractivity contribution >= 4 is 11.7 Å². The van der Waals surface area contributed by atoms with Gasteiger partial charge >= 0.3 is 0 Å². The summed E-state index contributed by atoms with van der Waals surface area (Å²) in [6.45, 7) is 7.74. The lowest BCUT2D eigenvalue weighted by Crippen LogP contribution is -2.37. The molecule has 0 atom stereocenters. The van der Waals surface area contributed by atoms with Gasteiger partial charge in [-0.15, -0.1) is 0 Å². The highest BCUT2D eigenvalue weighted by atomic mass is 16.2. The summed E-state index contributed by atoms with van der Waals surface area (Å²) in [5, 5.41) is 0. The molecule has 0 aromatic heterocycles. The minimum absolute atomic E-state index is 0.0296. The van der Waals surface area contributed by atoms with Crippen molar-refractivity contribution in [2.24, 2.45) is 11.7 Å². The molecular formula is C10H22N2O2. The number of likely N-dealkylation sites (N-methyl/N-ethyl adjacent to an activating group) is 1. The van der Waals surface area contributed by atoms with Gasteiger partial charge in [0.1, 0.15) is 0 Å². The van der Waals surface area contributed by atoms with E-state index < -0.39 is 0 Å². The van der Waals surface area contributed by atoms with Crippen molar-refractivity contribution in [3.8, 4) is 0 Å². The average Bonchev–Trinajstić information content (AvgIpc) is 2.19. The van der Waals surface area contributed by atoms with Gasteiger partial charge in [0.2, 0.25) is 5.91 Å². The lowest BCUT2D eigenvalue weighted by Gasteiger charge is -2.16. The topological polar surface area (TPSA) is 63.4 Å². The van der Waals surface area contributed by atoms with Crippen LogP contribution in [0.2, 0.25) is 0 Å². The van der Waals surface area contributed by atoms with Gasteiger partial charge in [-0.05, 0) is 0 Å². The first-order valence-electron chi connectivity index (χ1n) is 4.95. The van der Waals surface area contributed by atoms with Crippen LogP contribution in [0.4, 0.5) is 0 Å². The first-order chi connectivity index (χ1) is 6.49. The Morgan fingerprint density at radius 2 is 1.71 bits per heavy atom. The van der Waals surface area contributed by atoms with E-state index in [1.165, 1.54) is 4.90 Å². The second-order valence-corrected chi connectivity index (χ2v) is 3.07. The van der Waals surface area contributed by atoms with E-state index in [9.17, 15) is 9.59 Å². The van der Waals surface area contributed by atoms with Crippen LogP contribution in [0.3, 0.4) is 0 Å². The number of carbonyl (C=O) groups excluding carboxylic acids is 2. The molecule has 0 fully saturated rings. The zero-order valence-corrected chi connectivity index (χ0v) is 9.83. The van der Waals surface area contributed by atoms with E-state index in [-0.39, 0.29) is 30.7 Å². The number of carbonyl (C=O) groups is 2. The molecule has 0 aliphatic rings. The van der Waals surface area contributed by atoms with Crippen molar-refractivity contribution in [1.82, 2.24) is 4.90 Å². The Morgan fingerprint density at radius 1 is 1.29 bits per heavy atom. The molecule has 0 radical (unpaired) electrons. The van der Waals surface area contributed by atoms with Gasteiger partial charge < -0.3 is 10.6 Å². The Labute approximate surface area is 86.5 Å². The first kappa shape index (κ1) is 15.6. The van der Waals surface area contributed by atoms with Crippen LogP contribution in [0.25, 0.3) is 0 Å². The molecule has 0 heterocycles. The molecule has 0 bridgehead atoms. The van der Waals surface area contributed by atoms with Crippen LogP contribution < -0.4 is 5.73 Å². The molecule has 0 aromatic rings. The van der Waals surface area contributed by atoms with Crippen LogP contribution in [0.15, 0.2) is 0 Å². The number of nitrogens with two attached hydrogens (primary N) is 1. The molecule has 0 unspecified atom stereocenters. The zero-order valence-electron chi connectivity index (χ0n) is 9.83. The van der Waals surface area contributed by atoms with Crippen LogP contribution in [0.5, 0.6) is 0 Å². The second-order valence-electron chi connectivity index (χ2n) is 3.07. The molecular weight excluding hydrogens is 180 g/mol. The van der Waals surface area contributed by atoms with Gasteiger partial charge in [-0.25, -0.2) is 0 Å². The van der Waals surface area contributed by atoms with Gasteiger partial charge in [0.15, 0.2) is 5.78 Å². The third kappa shape index (κ3) is 6.60. The fourth-order valence-electron chi connectivity index (χ4n) is 0.660. The fraction of sp³-hybridized carbons (Fsp3) is 0.800. The maximum absolute atomic E-state index is 11.1. The van der Waals surface area contributed by atoms with E-state index in [0.717, 1.165) is 0 Å². The van der Waals surface area contributed by atoms with Crippen LogP contribution >= 0.6 is 0 Å². The van der Waals surface area contributed by atoms with Gasteiger partial charge in [-0.2, -0.15) is 0 Å². The summed E-state index contributed by atoms with van der Waals surface area (Å²) < 4.78 is 0. The van der Waals surface area contributed by atoms with Gasteiger partial charge in [0, 0.05) is 13.0 Å². The third-order valence-corrected chi connectivity index (χ3v) is 1.64. The van der Waals surface area contributed by atoms with E-state index in [1.807, 2.05) is 27.7 Å². The van der Waals surface area contributed by atoms with Crippen LogP contribution in [0, 0.1) is 5.92 Å². The van der Waals surface area contributed by atoms with Gasteiger partial charge in [0.25, 0.3) is 0 Å². The zero-order chi connectivity index (χ0) is 11.7. The minimum atomic E-state index is -0.205. The number of amides is 1. The largest absolute Gasteiger partial charge is 0.337 e. The van der Waals surface area contributed by atoms with Gasteiger partial charge in [0.05, 0.1) is 13.1 Å². The quantitative estimate of drug-likeness (QED) is 0.728. The monoisotopic (exact) mass is 202 g/mol. The van der Waals surface area contributed by atoms with Crippen molar-refractivity contribution in [1.29, 1.82) is 0 Å². The minimum Gasteiger partial charge on any atom is -0.337 e. The number of nitrogens with zero attached hydrogens (tertiary/aromatic N) is 1. The molecule has 2 N–H and O–H groups in total. The second kappa shape index (κ2) is 8.69. The summed E-state index contributed by atoms with van der Waals surface area (Å²) in [4.78, 5) is 23.4. The molecule has 0 saturated heterocycles. The summed E-state index contributed by atoms with van der Waals surface area (Å²) in [5.41, 5.74) is 5.12. The summed E-state index contributed by atoms with van der Waals surface area (Å²) in [6.07, 6.45) is 0. The fourth-order valence-corrected chi connectivity index (χ4v) is 0.660. The van der Waals surface area contributed by atoms with E-state index in [1.54, 1.807) is 7.05 Å². The molecule has 0 spiro atoms. The third-order valence-electron chi connectivity index (χ3n) is 1.64. The molecule has 0 aliphatic heterocycles. The summed E-state index contributed by atoms with van der Waals surface area (Å²) >= 11 is 0. The van der Waals surface area contributed by atoms with Crippen molar-refractivity contribution < 1.29 is 9.59 Å². The summed E-state index contributed by atoms with van der Waals surface area (Å²) in [6, 6.07) is 0. The summed E-state index contributed by atoms with van der Waals surface area (Å²) in [7, 11) is 1.58. The Hall–Kier alpha value is -0.900. The predicted molar refractivity (Wildman–Crippen MR) is 57.9 cm³/mol. The standard InChI is InChI=1S/C8H16N2O2.C2H6/c1-6(2)7(11)5-10(3)8(12)4-9;1-2/h6H,4-5,9H2,1-3H3;1-2H3. The Balaban J connectivity index is 0. The molecule has 0 aliphatic carbocycles. The average molecular weight is 202 g/mol. The lowest BCUT2D eigenvalue weighted by atomic mass is 10.1. The van der Waals surface area contributed by atoms with Crippen LogP contribution in [0.1, 0.15) is 27.7 Å². The molecule has 4 nitrogen and oxygen atoms in total. The van der Waals surface area contributed by atoms with Gasteiger partial charge in [-0.3, -0.25) is 9.59 Å². The first-order valence-corrected chi connectivity index (χ1v) is 4.95. The van der Waals surface area contributed by atoms with E-state index >= 15 is 0 Å². The Kier molecular flexibility index (Phi) is 9.66. The number of rotatable bonds is 4. The Bertz CT molecular complexity index is 179. The maximum Gasteiger partial charge on any atom is 0.236 e. The predicted octanol–water partition coefficient (Wildman–Crippen LogP) is 0.655. The van der Waals surface area contributed by atoms with E-state index in [4.69, 9.17) is 5.73 Å². The van der Waals surface area contributed by atoms with E-state index in [0.29, 0.717) is 0 Å². The normalized spacial score (nSPS) is 9.07. The highest BCUT2D eigenvalue weighted by molar-refractivity contribution is 5.87. The van der Waals surface area contributed by atoms with E-state index in [2.05, 4.69) is 0 Å². The van der Waals surface area contributed by atoms with Gasteiger partial charge in [-0.1, -0.05) is 27.7 Å². The maximum atomic E-state index is 11.1.